The minimum absolute atomic E-state index is 0.0468. The number of rotatable bonds is 9. The average molecular weight is 450 g/mol. The van der Waals surface area contributed by atoms with Crippen molar-refractivity contribution in [2.75, 3.05) is 25.0 Å². The summed E-state index contributed by atoms with van der Waals surface area (Å²) in [5, 5.41) is 6.50. The van der Waals surface area contributed by atoms with Crippen LogP contribution in [0.15, 0.2) is 54.2 Å². The van der Waals surface area contributed by atoms with Crippen LogP contribution in [0.3, 0.4) is 0 Å². The Bertz CT molecular complexity index is 885. The zero-order chi connectivity index (χ0) is 23.7. The first-order chi connectivity index (χ1) is 16.0. The second-order valence-electron chi connectivity index (χ2n) is 9.86. The Morgan fingerprint density at radius 2 is 2.09 bits per heavy atom. The molecule has 33 heavy (non-hydrogen) atoms. The van der Waals surface area contributed by atoms with Crippen LogP contribution in [0.5, 0.6) is 0 Å². The lowest BCUT2D eigenvalue weighted by Gasteiger charge is -2.40. The Hall–Kier alpha value is -2.33. The molecule has 1 aliphatic heterocycles. The molecule has 180 valence electrons. The number of benzene rings is 1. The molecule has 2 aliphatic rings. The molecule has 4 nitrogen and oxygen atoms in total. The maximum atomic E-state index is 13.5. The topological polar surface area (TPSA) is 44.4 Å². The Morgan fingerprint density at radius 1 is 1.24 bits per heavy atom. The summed E-state index contributed by atoms with van der Waals surface area (Å²) in [7, 11) is 2.01. The highest BCUT2D eigenvalue weighted by molar-refractivity contribution is 5.94. The second kappa shape index (κ2) is 12.2. The monoisotopic (exact) mass is 449 g/mol. The zero-order valence-electron chi connectivity index (χ0n) is 21.1. The van der Waals surface area contributed by atoms with Crippen LogP contribution in [0.4, 0.5) is 10.5 Å². The lowest BCUT2D eigenvalue weighted by atomic mass is 9.91. The summed E-state index contributed by atoms with van der Waals surface area (Å²) in [6.45, 7) is 8.47. The summed E-state index contributed by atoms with van der Waals surface area (Å²) < 4.78 is 0. The number of nitrogens with one attached hydrogen (secondary N) is 2. The lowest BCUT2D eigenvalue weighted by Crippen LogP contribution is -2.53. The number of aryl methyl sites for hydroxylation is 1. The molecule has 0 radical (unpaired) electrons. The number of nitrogens with zero attached hydrogens (tertiary/aromatic N) is 1. The Balaban J connectivity index is 1.72. The molecule has 0 spiro atoms. The van der Waals surface area contributed by atoms with Crippen molar-refractivity contribution < 1.29 is 4.79 Å². The smallest absolute Gasteiger partial charge is 0.322 e. The molecule has 1 heterocycles. The molecular formula is C29H43N3O. The number of hydrogen-bond acceptors (Lipinski definition) is 2. The van der Waals surface area contributed by atoms with Gasteiger partial charge in [0.25, 0.3) is 0 Å². The van der Waals surface area contributed by atoms with Crippen molar-refractivity contribution in [2.24, 2.45) is 0 Å². The number of carbonyl (C=O) groups is 1. The van der Waals surface area contributed by atoms with Gasteiger partial charge in [0, 0.05) is 17.8 Å². The molecule has 1 aliphatic carbocycles. The molecule has 0 fully saturated rings. The summed E-state index contributed by atoms with van der Waals surface area (Å²) in [5.41, 5.74) is 4.99. The van der Waals surface area contributed by atoms with E-state index in [0.29, 0.717) is 12.5 Å². The molecule has 0 aromatic heterocycles. The maximum absolute atomic E-state index is 13.5. The van der Waals surface area contributed by atoms with Crippen molar-refractivity contribution in [1.29, 1.82) is 0 Å². The molecule has 2 N–H and O–H groups in total. The van der Waals surface area contributed by atoms with Crippen LogP contribution in [-0.2, 0) is 6.42 Å². The van der Waals surface area contributed by atoms with Gasteiger partial charge in [0.2, 0.25) is 0 Å². The van der Waals surface area contributed by atoms with E-state index in [1.807, 2.05) is 7.05 Å². The number of anilines is 1. The van der Waals surface area contributed by atoms with E-state index in [1.54, 1.807) is 0 Å². The highest BCUT2D eigenvalue weighted by atomic mass is 16.2. The van der Waals surface area contributed by atoms with Gasteiger partial charge in [-0.2, -0.15) is 0 Å². The summed E-state index contributed by atoms with van der Waals surface area (Å²) in [6.07, 6.45) is 19.0. The minimum atomic E-state index is -0.160. The first-order valence-corrected chi connectivity index (χ1v) is 12.9. The molecule has 1 aromatic carbocycles. The molecule has 2 amide bonds. The van der Waals surface area contributed by atoms with Crippen LogP contribution in [0.1, 0.15) is 82.8 Å². The molecule has 2 atom stereocenters. The largest absolute Gasteiger partial charge is 0.338 e. The van der Waals surface area contributed by atoms with E-state index in [-0.39, 0.29) is 11.6 Å². The first kappa shape index (κ1) is 25.3. The van der Waals surface area contributed by atoms with Crippen molar-refractivity contribution in [1.82, 2.24) is 10.6 Å². The third-order valence-corrected chi connectivity index (χ3v) is 7.40. The number of urea groups is 1. The van der Waals surface area contributed by atoms with Crippen molar-refractivity contribution in [3.8, 4) is 0 Å². The molecule has 0 saturated heterocycles. The highest BCUT2D eigenvalue weighted by Crippen LogP contribution is 2.39. The predicted octanol–water partition coefficient (Wildman–Crippen LogP) is 6.64. The van der Waals surface area contributed by atoms with Crippen LogP contribution in [-0.4, -0.2) is 31.7 Å². The van der Waals surface area contributed by atoms with E-state index in [2.05, 4.69) is 84.9 Å². The van der Waals surface area contributed by atoms with E-state index in [4.69, 9.17) is 0 Å². The normalized spacial score (nSPS) is 21.1. The van der Waals surface area contributed by atoms with Crippen molar-refractivity contribution in [2.45, 2.75) is 83.6 Å². The van der Waals surface area contributed by atoms with Crippen LogP contribution < -0.4 is 15.5 Å². The number of amides is 2. The van der Waals surface area contributed by atoms with Gasteiger partial charge < -0.3 is 10.6 Å². The van der Waals surface area contributed by atoms with E-state index < -0.39 is 0 Å². The fraction of sp³-hybridized carbons (Fsp3) is 0.552. The third-order valence-electron chi connectivity index (χ3n) is 7.40. The van der Waals surface area contributed by atoms with Gasteiger partial charge >= 0.3 is 6.03 Å². The quantitative estimate of drug-likeness (QED) is 0.415. The van der Waals surface area contributed by atoms with Gasteiger partial charge in [-0.1, -0.05) is 61.9 Å². The molecular weight excluding hydrogens is 406 g/mol. The summed E-state index contributed by atoms with van der Waals surface area (Å²) in [5.74, 6) is 0.508. The van der Waals surface area contributed by atoms with Gasteiger partial charge in [0.15, 0.2) is 0 Å². The van der Waals surface area contributed by atoms with Gasteiger partial charge in [-0.15, -0.1) is 0 Å². The van der Waals surface area contributed by atoms with E-state index >= 15 is 0 Å². The maximum Gasteiger partial charge on any atom is 0.322 e. The van der Waals surface area contributed by atoms with Crippen molar-refractivity contribution in [3.63, 3.8) is 0 Å². The molecule has 2 unspecified atom stereocenters. The fourth-order valence-electron chi connectivity index (χ4n) is 4.99. The Kier molecular flexibility index (Phi) is 9.37. The number of allylic oxidation sites excluding steroid dienone is 6. The fourth-order valence-corrected chi connectivity index (χ4v) is 4.99. The molecule has 4 heteroatoms. The molecule has 3 rings (SSSR count). The van der Waals surface area contributed by atoms with Crippen LogP contribution in [0.2, 0.25) is 0 Å². The van der Waals surface area contributed by atoms with Gasteiger partial charge in [0.05, 0.1) is 0 Å². The summed E-state index contributed by atoms with van der Waals surface area (Å²) >= 11 is 0. The van der Waals surface area contributed by atoms with Crippen molar-refractivity contribution >= 4 is 11.7 Å². The number of hydrogen-bond donors (Lipinski definition) is 2. The summed E-state index contributed by atoms with van der Waals surface area (Å²) in [6, 6.07) is 6.84. The molecule has 1 aromatic rings. The van der Waals surface area contributed by atoms with Crippen molar-refractivity contribution in [3.05, 3.63) is 65.3 Å². The van der Waals surface area contributed by atoms with Gasteiger partial charge in [-0.05, 0) is 95.0 Å². The third kappa shape index (κ3) is 6.60. The van der Waals surface area contributed by atoms with E-state index in [0.717, 1.165) is 63.6 Å². The Labute approximate surface area is 201 Å². The van der Waals surface area contributed by atoms with Gasteiger partial charge in [-0.3, -0.25) is 4.90 Å². The van der Waals surface area contributed by atoms with E-state index in [1.165, 1.54) is 16.7 Å². The minimum Gasteiger partial charge on any atom is -0.338 e. The predicted molar refractivity (Wildman–Crippen MR) is 141 cm³/mol. The average Bonchev–Trinajstić information content (AvgIpc) is 3.17. The van der Waals surface area contributed by atoms with Crippen LogP contribution >= 0.6 is 0 Å². The second-order valence-corrected chi connectivity index (χ2v) is 9.86. The zero-order valence-corrected chi connectivity index (χ0v) is 21.1. The van der Waals surface area contributed by atoms with Crippen LogP contribution in [0, 0.1) is 0 Å². The van der Waals surface area contributed by atoms with E-state index in [9.17, 15) is 4.79 Å². The summed E-state index contributed by atoms with van der Waals surface area (Å²) in [4.78, 5) is 15.6. The van der Waals surface area contributed by atoms with Crippen LogP contribution in [0.25, 0.3) is 0 Å². The molecule has 0 saturated carbocycles. The number of carbonyl (C=O) groups excluding carboxylic acids is 1. The van der Waals surface area contributed by atoms with Gasteiger partial charge in [-0.25, -0.2) is 4.79 Å². The SMILES string of the molecule is CCC1(C)CCCc2cc(C(C)CCNC)ccc2N1C(=O)NCCCC1=CCC=CC=C1. The Morgan fingerprint density at radius 3 is 2.88 bits per heavy atom. The molecule has 0 bridgehead atoms. The lowest BCUT2D eigenvalue weighted by molar-refractivity contribution is 0.236. The standard InChI is InChI=1S/C29H43N3O/c1-5-29(3)19-10-15-26-22-25(23(2)18-21-30-4)16-17-27(26)32(29)28(33)31-20-11-14-24-12-8-6-7-9-13-24/h6-8,12-13,16-17,22-23,30H,5,9-11,14-15,18-21H2,1-4H3,(H,31,33). The first-order valence-electron chi connectivity index (χ1n) is 12.9. The number of fused-ring (bicyclic) bond motifs is 1. The highest BCUT2D eigenvalue weighted by Gasteiger charge is 2.37. The van der Waals surface area contributed by atoms with Gasteiger partial charge in [0.1, 0.15) is 0 Å².